The zero-order valence-electron chi connectivity index (χ0n) is 11.1. The van der Waals surface area contributed by atoms with Gasteiger partial charge < -0.3 is 20.3 Å². The number of rotatable bonds is 4. The van der Waals surface area contributed by atoms with Gasteiger partial charge in [0, 0.05) is 5.56 Å². The van der Waals surface area contributed by atoms with Crippen LogP contribution in [-0.4, -0.2) is 24.9 Å². The summed E-state index contributed by atoms with van der Waals surface area (Å²) in [4.78, 5) is 0. The maximum Gasteiger partial charge on any atom is 0.124 e. The molecule has 0 amide bonds. The van der Waals surface area contributed by atoms with Crippen molar-refractivity contribution in [2.75, 3.05) is 14.2 Å². The molecule has 0 spiro atoms. The molecule has 4 heteroatoms. The van der Waals surface area contributed by atoms with Gasteiger partial charge in [0.25, 0.3) is 0 Å². The predicted molar refractivity (Wildman–Crippen MR) is 67.5 cm³/mol. The SMILES string of the molecule is COc1cc(C(N)C(C)(C)O)c(OC)cc1C. The fourth-order valence-electron chi connectivity index (χ4n) is 1.70. The third-order valence-corrected chi connectivity index (χ3v) is 2.84. The molecule has 0 saturated carbocycles. The van der Waals surface area contributed by atoms with Crippen LogP contribution in [0.15, 0.2) is 12.1 Å². The maximum absolute atomic E-state index is 9.97. The molecule has 0 bridgehead atoms. The van der Waals surface area contributed by atoms with Crippen LogP contribution < -0.4 is 15.2 Å². The summed E-state index contributed by atoms with van der Waals surface area (Å²) in [6, 6.07) is 3.14. The van der Waals surface area contributed by atoms with Crippen molar-refractivity contribution in [2.45, 2.75) is 32.4 Å². The van der Waals surface area contributed by atoms with Crippen molar-refractivity contribution in [3.8, 4) is 11.5 Å². The molecule has 96 valence electrons. The molecule has 1 aromatic rings. The normalized spacial score (nSPS) is 13.4. The Kier molecular flexibility index (Phi) is 4.01. The Balaban J connectivity index is 3.30. The van der Waals surface area contributed by atoms with Gasteiger partial charge in [-0.3, -0.25) is 0 Å². The van der Waals surface area contributed by atoms with Crippen LogP contribution in [0.1, 0.15) is 31.0 Å². The molecule has 0 heterocycles. The summed E-state index contributed by atoms with van der Waals surface area (Å²) in [6.07, 6.45) is 0. The predicted octanol–water partition coefficient (Wildman–Crippen LogP) is 1.78. The van der Waals surface area contributed by atoms with Gasteiger partial charge in [-0.15, -0.1) is 0 Å². The van der Waals surface area contributed by atoms with E-state index in [-0.39, 0.29) is 0 Å². The van der Waals surface area contributed by atoms with Crippen molar-refractivity contribution in [1.29, 1.82) is 0 Å². The Morgan fingerprint density at radius 1 is 1.18 bits per heavy atom. The van der Waals surface area contributed by atoms with Gasteiger partial charge in [-0.2, -0.15) is 0 Å². The van der Waals surface area contributed by atoms with E-state index in [1.54, 1.807) is 28.1 Å². The number of benzene rings is 1. The molecule has 17 heavy (non-hydrogen) atoms. The standard InChI is InChI=1S/C13H21NO3/c1-8-6-11(17-5)9(7-10(8)16-4)12(14)13(2,3)15/h6-7,12,15H,14H2,1-5H3. The van der Waals surface area contributed by atoms with Crippen LogP contribution in [0.4, 0.5) is 0 Å². The van der Waals surface area contributed by atoms with Gasteiger partial charge >= 0.3 is 0 Å². The van der Waals surface area contributed by atoms with E-state index < -0.39 is 11.6 Å². The fourth-order valence-corrected chi connectivity index (χ4v) is 1.70. The van der Waals surface area contributed by atoms with E-state index in [4.69, 9.17) is 15.2 Å². The number of aryl methyl sites for hydroxylation is 1. The second-order valence-corrected chi connectivity index (χ2v) is 4.70. The van der Waals surface area contributed by atoms with E-state index in [1.807, 2.05) is 19.1 Å². The first-order valence-electron chi connectivity index (χ1n) is 5.51. The van der Waals surface area contributed by atoms with Crippen LogP contribution in [0.2, 0.25) is 0 Å². The van der Waals surface area contributed by atoms with E-state index in [0.29, 0.717) is 5.75 Å². The molecule has 0 radical (unpaired) electrons. The largest absolute Gasteiger partial charge is 0.496 e. The molecule has 4 nitrogen and oxygen atoms in total. The van der Waals surface area contributed by atoms with E-state index in [9.17, 15) is 5.11 Å². The first-order valence-corrected chi connectivity index (χ1v) is 5.51. The average molecular weight is 239 g/mol. The summed E-state index contributed by atoms with van der Waals surface area (Å²) in [6.45, 7) is 5.27. The summed E-state index contributed by atoms with van der Waals surface area (Å²) in [7, 11) is 3.19. The van der Waals surface area contributed by atoms with Crippen molar-refractivity contribution in [1.82, 2.24) is 0 Å². The molecule has 1 unspecified atom stereocenters. The molecule has 3 N–H and O–H groups in total. The first kappa shape index (κ1) is 13.8. The number of nitrogens with two attached hydrogens (primary N) is 1. The molecule has 1 aromatic carbocycles. The smallest absolute Gasteiger partial charge is 0.124 e. The molecule has 0 aliphatic heterocycles. The van der Waals surface area contributed by atoms with Crippen molar-refractivity contribution in [3.63, 3.8) is 0 Å². The number of hydrogen-bond acceptors (Lipinski definition) is 4. The van der Waals surface area contributed by atoms with E-state index in [1.165, 1.54) is 0 Å². The van der Waals surface area contributed by atoms with Crippen LogP contribution in [0.3, 0.4) is 0 Å². The van der Waals surface area contributed by atoms with Crippen LogP contribution in [0.25, 0.3) is 0 Å². The zero-order valence-corrected chi connectivity index (χ0v) is 11.1. The van der Waals surface area contributed by atoms with Crippen LogP contribution >= 0.6 is 0 Å². The third-order valence-electron chi connectivity index (χ3n) is 2.84. The van der Waals surface area contributed by atoms with Gasteiger partial charge in [0.05, 0.1) is 25.9 Å². The highest BCUT2D eigenvalue weighted by atomic mass is 16.5. The number of hydrogen-bond donors (Lipinski definition) is 2. The highest BCUT2D eigenvalue weighted by Gasteiger charge is 2.28. The Bertz CT molecular complexity index is 396. The molecule has 0 saturated heterocycles. The second kappa shape index (κ2) is 4.94. The summed E-state index contributed by atoms with van der Waals surface area (Å²) < 4.78 is 10.6. The molecular formula is C13H21NO3. The number of ether oxygens (including phenoxy) is 2. The lowest BCUT2D eigenvalue weighted by atomic mass is 9.91. The minimum absolute atomic E-state index is 0.535. The summed E-state index contributed by atoms with van der Waals surface area (Å²) in [5, 5.41) is 9.97. The van der Waals surface area contributed by atoms with Crippen molar-refractivity contribution >= 4 is 0 Å². The Labute approximate surface area is 102 Å². The lowest BCUT2D eigenvalue weighted by Crippen LogP contribution is -2.35. The van der Waals surface area contributed by atoms with Gasteiger partial charge in [0.2, 0.25) is 0 Å². The zero-order chi connectivity index (χ0) is 13.2. The fraction of sp³-hybridized carbons (Fsp3) is 0.538. The maximum atomic E-state index is 9.97. The minimum atomic E-state index is -1.02. The van der Waals surface area contributed by atoms with E-state index >= 15 is 0 Å². The Morgan fingerprint density at radius 2 is 1.71 bits per heavy atom. The molecule has 1 atom stereocenters. The van der Waals surface area contributed by atoms with E-state index in [0.717, 1.165) is 16.9 Å². The number of methoxy groups -OCH3 is 2. The summed E-state index contributed by atoms with van der Waals surface area (Å²) >= 11 is 0. The first-order chi connectivity index (χ1) is 7.81. The summed E-state index contributed by atoms with van der Waals surface area (Å²) in [5.74, 6) is 1.40. The van der Waals surface area contributed by atoms with Gasteiger partial charge in [0.15, 0.2) is 0 Å². The van der Waals surface area contributed by atoms with Crippen molar-refractivity contribution in [3.05, 3.63) is 23.3 Å². The molecule has 0 fully saturated rings. The quantitative estimate of drug-likeness (QED) is 0.840. The molecule has 0 aliphatic carbocycles. The minimum Gasteiger partial charge on any atom is -0.496 e. The van der Waals surface area contributed by atoms with Gasteiger partial charge in [-0.05, 0) is 38.5 Å². The van der Waals surface area contributed by atoms with Crippen molar-refractivity contribution < 1.29 is 14.6 Å². The lowest BCUT2D eigenvalue weighted by molar-refractivity contribution is 0.0508. The lowest BCUT2D eigenvalue weighted by Gasteiger charge is -2.28. The molecule has 0 aromatic heterocycles. The van der Waals surface area contributed by atoms with Crippen molar-refractivity contribution in [2.24, 2.45) is 5.73 Å². The Morgan fingerprint density at radius 3 is 2.12 bits per heavy atom. The summed E-state index contributed by atoms with van der Waals surface area (Å²) in [5.41, 5.74) is 6.72. The monoisotopic (exact) mass is 239 g/mol. The Hall–Kier alpha value is -1.26. The van der Waals surface area contributed by atoms with Crippen LogP contribution in [0, 0.1) is 6.92 Å². The molecule has 1 rings (SSSR count). The van der Waals surface area contributed by atoms with Gasteiger partial charge in [-0.1, -0.05) is 0 Å². The second-order valence-electron chi connectivity index (χ2n) is 4.70. The van der Waals surface area contributed by atoms with E-state index in [2.05, 4.69) is 0 Å². The van der Waals surface area contributed by atoms with Crippen LogP contribution in [-0.2, 0) is 0 Å². The highest BCUT2D eigenvalue weighted by Crippen LogP contribution is 2.35. The van der Waals surface area contributed by atoms with Crippen LogP contribution in [0.5, 0.6) is 11.5 Å². The average Bonchev–Trinajstić information content (AvgIpc) is 2.26. The molecular weight excluding hydrogens is 218 g/mol. The molecule has 0 aliphatic rings. The topological polar surface area (TPSA) is 64.7 Å². The number of aliphatic hydroxyl groups is 1. The highest BCUT2D eigenvalue weighted by molar-refractivity contribution is 5.47. The van der Waals surface area contributed by atoms with Gasteiger partial charge in [0.1, 0.15) is 11.5 Å². The third kappa shape index (κ3) is 2.90. The van der Waals surface area contributed by atoms with Gasteiger partial charge in [-0.25, -0.2) is 0 Å².